The molecule has 0 aromatic heterocycles. The molecular formula is C4H4ClF3. The van der Waals surface area contributed by atoms with E-state index in [1.807, 2.05) is 0 Å². The predicted molar refractivity (Wildman–Crippen MR) is 24.1 cm³/mol. The fourth-order valence-corrected chi connectivity index (χ4v) is 0.758. The fourth-order valence-electron chi connectivity index (χ4n) is 0.580. The summed E-state index contributed by atoms with van der Waals surface area (Å²) in [6.45, 7) is 0. The number of rotatable bonds is 0. The van der Waals surface area contributed by atoms with E-state index in [-0.39, 0.29) is 0 Å². The molecule has 2 atom stereocenters. The topological polar surface area (TPSA) is 0 Å². The molecule has 0 saturated heterocycles. The van der Waals surface area contributed by atoms with Crippen LogP contribution >= 0.6 is 11.6 Å². The van der Waals surface area contributed by atoms with Gasteiger partial charge >= 0.3 is 0 Å². The minimum Gasteiger partial charge on any atom is -0.245 e. The van der Waals surface area contributed by atoms with Crippen molar-refractivity contribution in [2.24, 2.45) is 0 Å². The van der Waals surface area contributed by atoms with E-state index in [1.54, 1.807) is 0 Å². The van der Waals surface area contributed by atoms with E-state index in [1.165, 1.54) is 0 Å². The van der Waals surface area contributed by atoms with Gasteiger partial charge in [-0.15, -0.1) is 11.6 Å². The largest absolute Gasteiger partial charge is 0.269 e. The molecule has 1 rings (SSSR count). The van der Waals surface area contributed by atoms with Crippen molar-refractivity contribution in [3.63, 3.8) is 0 Å². The van der Waals surface area contributed by atoms with Crippen LogP contribution in [0.3, 0.4) is 0 Å². The summed E-state index contributed by atoms with van der Waals surface area (Å²) in [5.74, 6) is -2.96. The average molecular weight is 145 g/mol. The molecule has 0 aromatic rings. The first-order valence-corrected chi connectivity index (χ1v) is 2.63. The Labute approximate surface area is 49.6 Å². The Kier molecular flexibility index (Phi) is 1.19. The van der Waals surface area contributed by atoms with Crippen molar-refractivity contribution in [2.45, 2.75) is 23.9 Å². The number of hydrogen-bond acceptors (Lipinski definition) is 0. The summed E-state index contributed by atoms with van der Waals surface area (Å²) in [6.07, 6.45) is -2.21. The zero-order valence-corrected chi connectivity index (χ0v) is 4.63. The Morgan fingerprint density at radius 1 is 1.50 bits per heavy atom. The lowest BCUT2D eigenvalue weighted by molar-refractivity contribution is -0.111. The molecule has 0 spiro atoms. The summed E-state index contributed by atoms with van der Waals surface area (Å²) >= 11 is 4.87. The molecule has 0 bridgehead atoms. The predicted octanol–water partition coefficient (Wildman–Crippen LogP) is 1.97. The minimum absolute atomic E-state index is 0.707. The SMILES string of the molecule is FC1CC(F)(F)C1Cl. The number of alkyl halides is 4. The molecule has 0 nitrogen and oxygen atoms in total. The van der Waals surface area contributed by atoms with Crippen LogP contribution < -0.4 is 0 Å². The molecule has 1 aliphatic carbocycles. The molecule has 1 fully saturated rings. The smallest absolute Gasteiger partial charge is 0.245 e. The van der Waals surface area contributed by atoms with E-state index in [9.17, 15) is 13.2 Å². The van der Waals surface area contributed by atoms with Crippen LogP contribution in [0.2, 0.25) is 0 Å². The lowest BCUT2D eigenvalue weighted by Crippen LogP contribution is -2.50. The second-order valence-corrected chi connectivity index (χ2v) is 2.35. The first-order valence-electron chi connectivity index (χ1n) is 2.20. The van der Waals surface area contributed by atoms with Crippen molar-refractivity contribution in [2.75, 3.05) is 0 Å². The van der Waals surface area contributed by atoms with Crippen LogP contribution in [0, 0.1) is 0 Å². The van der Waals surface area contributed by atoms with Gasteiger partial charge in [0.2, 0.25) is 0 Å². The maximum Gasteiger partial charge on any atom is 0.269 e. The second kappa shape index (κ2) is 1.53. The molecule has 0 heterocycles. The Morgan fingerprint density at radius 3 is 2.00 bits per heavy atom. The quantitative estimate of drug-likeness (QED) is 0.456. The fraction of sp³-hybridized carbons (Fsp3) is 1.00. The van der Waals surface area contributed by atoms with Gasteiger partial charge in [0, 0.05) is 6.42 Å². The highest BCUT2D eigenvalue weighted by atomic mass is 35.5. The van der Waals surface area contributed by atoms with Crippen LogP contribution in [0.15, 0.2) is 0 Å². The zero-order chi connectivity index (χ0) is 6.36. The third-order valence-corrected chi connectivity index (χ3v) is 1.78. The van der Waals surface area contributed by atoms with Gasteiger partial charge in [-0.3, -0.25) is 0 Å². The van der Waals surface area contributed by atoms with E-state index in [2.05, 4.69) is 0 Å². The molecule has 0 aliphatic heterocycles. The highest BCUT2D eigenvalue weighted by Crippen LogP contribution is 2.43. The van der Waals surface area contributed by atoms with Crippen molar-refractivity contribution in [1.29, 1.82) is 0 Å². The Morgan fingerprint density at radius 2 is 2.00 bits per heavy atom. The minimum atomic E-state index is -2.96. The molecular weight excluding hydrogens is 140 g/mol. The van der Waals surface area contributed by atoms with Crippen molar-refractivity contribution < 1.29 is 13.2 Å². The molecule has 0 N–H and O–H groups in total. The lowest BCUT2D eigenvalue weighted by atomic mass is 9.92. The lowest BCUT2D eigenvalue weighted by Gasteiger charge is -2.34. The molecule has 48 valence electrons. The van der Waals surface area contributed by atoms with E-state index in [0.29, 0.717) is 0 Å². The summed E-state index contributed by atoms with van der Waals surface area (Å²) in [5.41, 5.74) is 0. The highest BCUT2D eigenvalue weighted by Gasteiger charge is 2.55. The van der Waals surface area contributed by atoms with Crippen LogP contribution in [0.5, 0.6) is 0 Å². The van der Waals surface area contributed by atoms with Gasteiger partial charge in [0.05, 0.1) is 0 Å². The highest BCUT2D eigenvalue weighted by molar-refractivity contribution is 6.22. The normalized spacial score (nSPS) is 43.5. The van der Waals surface area contributed by atoms with Gasteiger partial charge in [-0.2, -0.15) is 0 Å². The molecule has 0 radical (unpaired) electrons. The standard InChI is InChI=1S/C4H4ClF3/c5-3-2(6)1-4(3,7)8/h2-3H,1H2. The van der Waals surface area contributed by atoms with E-state index in [0.717, 1.165) is 0 Å². The van der Waals surface area contributed by atoms with Crippen LogP contribution in [0.1, 0.15) is 6.42 Å². The van der Waals surface area contributed by atoms with E-state index < -0.39 is 23.9 Å². The average Bonchev–Trinajstić information content (AvgIpc) is 1.65. The van der Waals surface area contributed by atoms with Gasteiger partial charge in [0.15, 0.2) is 0 Å². The number of halogens is 4. The van der Waals surface area contributed by atoms with Crippen LogP contribution in [-0.4, -0.2) is 17.5 Å². The van der Waals surface area contributed by atoms with Crippen molar-refractivity contribution in [3.8, 4) is 0 Å². The monoisotopic (exact) mass is 144 g/mol. The van der Waals surface area contributed by atoms with Crippen LogP contribution in [0.4, 0.5) is 13.2 Å². The summed E-state index contributed by atoms with van der Waals surface area (Å²) in [5, 5.41) is -1.58. The van der Waals surface area contributed by atoms with Gasteiger partial charge in [0.25, 0.3) is 5.92 Å². The maximum absolute atomic E-state index is 11.8. The molecule has 4 heteroatoms. The number of hydrogen-bond donors (Lipinski definition) is 0. The van der Waals surface area contributed by atoms with Crippen molar-refractivity contribution >= 4 is 11.6 Å². The van der Waals surface area contributed by atoms with Crippen LogP contribution in [-0.2, 0) is 0 Å². The van der Waals surface area contributed by atoms with Gasteiger partial charge in [-0.1, -0.05) is 0 Å². The summed E-state index contributed by atoms with van der Waals surface area (Å²) in [7, 11) is 0. The molecule has 1 aliphatic rings. The molecule has 1 saturated carbocycles. The second-order valence-electron chi connectivity index (χ2n) is 1.88. The Bertz CT molecular complexity index is 103. The maximum atomic E-state index is 11.8. The first-order chi connectivity index (χ1) is 3.54. The van der Waals surface area contributed by atoms with Gasteiger partial charge in [0.1, 0.15) is 11.5 Å². The molecule has 0 aromatic carbocycles. The molecule has 2 unspecified atom stereocenters. The van der Waals surface area contributed by atoms with Crippen molar-refractivity contribution in [3.05, 3.63) is 0 Å². The van der Waals surface area contributed by atoms with Gasteiger partial charge in [-0.25, -0.2) is 13.2 Å². The van der Waals surface area contributed by atoms with E-state index in [4.69, 9.17) is 11.6 Å². The summed E-state index contributed by atoms with van der Waals surface area (Å²) in [4.78, 5) is 0. The third kappa shape index (κ3) is 0.690. The zero-order valence-electron chi connectivity index (χ0n) is 3.87. The molecule has 8 heavy (non-hydrogen) atoms. The van der Waals surface area contributed by atoms with Crippen molar-refractivity contribution in [1.82, 2.24) is 0 Å². The van der Waals surface area contributed by atoms with E-state index >= 15 is 0 Å². The Hall–Kier alpha value is 0.0800. The van der Waals surface area contributed by atoms with Crippen LogP contribution in [0.25, 0.3) is 0 Å². The Balaban J connectivity index is 2.47. The van der Waals surface area contributed by atoms with Gasteiger partial charge in [-0.05, 0) is 0 Å². The summed E-state index contributed by atoms with van der Waals surface area (Å²) < 4.78 is 35.4. The third-order valence-electron chi connectivity index (χ3n) is 1.19. The summed E-state index contributed by atoms with van der Waals surface area (Å²) in [6, 6.07) is 0. The first kappa shape index (κ1) is 6.20. The van der Waals surface area contributed by atoms with Gasteiger partial charge < -0.3 is 0 Å². The molecule has 0 amide bonds.